The van der Waals surface area contributed by atoms with Crippen LogP contribution in [0.4, 0.5) is 0 Å². The van der Waals surface area contributed by atoms with Crippen molar-refractivity contribution in [3.8, 4) is 10.7 Å². The molecule has 3 heterocycles. The second kappa shape index (κ2) is 8.06. The van der Waals surface area contributed by atoms with Crippen LogP contribution in [0.3, 0.4) is 0 Å². The summed E-state index contributed by atoms with van der Waals surface area (Å²) in [6.07, 6.45) is 0. The second-order valence-corrected chi connectivity index (χ2v) is 8.07. The molecular weight excluding hydrogens is 391 g/mol. The number of thiophene rings is 1. The van der Waals surface area contributed by atoms with E-state index in [1.807, 2.05) is 29.6 Å². The largest absolute Gasteiger partial charge is 0.338 e. The molecule has 1 aliphatic rings. The minimum Gasteiger partial charge on any atom is -0.338 e. The highest BCUT2D eigenvalue weighted by atomic mass is 35.5. The molecule has 0 N–H and O–H groups in total. The number of rotatable bonds is 5. The predicted molar refractivity (Wildman–Crippen MR) is 105 cm³/mol. The van der Waals surface area contributed by atoms with Crippen molar-refractivity contribution in [1.82, 2.24) is 19.9 Å². The third kappa shape index (κ3) is 4.27. The van der Waals surface area contributed by atoms with Crippen molar-refractivity contribution in [2.75, 3.05) is 26.2 Å². The molecule has 0 radical (unpaired) electrons. The van der Waals surface area contributed by atoms with Gasteiger partial charge < -0.3 is 4.52 Å². The first kappa shape index (κ1) is 17.9. The van der Waals surface area contributed by atoms with Crippen molar-refractivity contribution in [1.29, 1.82) is 0 Å². The van der Waals surface area contributed by atoms with Crippen LogP contribution >= 0.6 is 34.5 Å². The van der Waals surface area contributed by atoms with Gasteiger partial charge in [-0.2, -0.15) is 4.98 Å². The molecule has 1 aromatic carbocycles. The van der Waals surface area contributed by atoms with Crippen LogP contribution in [-0.4, -0.2) is 46.1 Å². The van der Waals surface area contributed by atoms with E-state index < -0.39 is 0 Å². The number of piperazine rings is 1. The van der Waals surface area contributed by atoms with E-state index in [1.54, 1.807) is 17.4 Å². The molecule has 8 heteroatoms. The van der Waals surface area contributed by atoms with Crippen LogP contribution < -0.4 is 0 Å². The zero-order valence-corrected chi connectivity index (χ0v) is 16.4. The van der Waals surface area contributed by atoms with Crippen LogP contribution in [0.25, 0.3) is 10.7 Å². The minimum absolute atomic E-state index is 0.669. The summed E-state index contributed by atoms with van der Waals surface area (Å²) in [5, 5.41) is 7.48. The van der Waals surface area contributed by atoms with Crippen LogP contribution in [0.5, 0.6) is 0 Å². The summed E-state index contributed by atoms with van der Waals surface area (Å²) < 4.78 is 5.40. The lowest BCUT2D eigenvalue weighted by molar-refractivity contribution is 0.112. The van der Waals surface area contributed by atoms with E-state index in [9.17, 15) is 0 Å². The van der Waals surface area contributed by atoms with Gasteiger partial charge in [-0.25, -0.2) is 0 Å². The Hall–Kier alpha value is -1.44. The second-order valence-electron chi connectivity index (χ2n) is 6.28. The van der Waals surface area contributed by atoms with Gasteiger partial charge in [0.25, 0.3) is 0 Å². The third-order valence-electron chi connectivity index (χ3n) is 4.44. The highest BCUT2D eigenvalue weighted by Gasteiger charge is 2.20. The zero-order chi connectivity index (χ0) is 17.9. The van der Waals surface area contributed by atoms with Crippen LogP contribution in [0.15, 0.2) is 40.2 Å². The molecule has 2 aromatic heterocycles. The first-order valence-electron chi connectivity index (χ1n) is 8.42. The lowest BCUT2D eigenvalue weighted by Gasteiger charge is -2.34. The van der Waals surface area contributed by atoms with Gasteiger partial charge in [-0.3, -0.25) is 9.80 Å². The van der Waals surface area contributed by atoms with E-state index in [-0.39, 0.29) is 0 Å². The smallest absolute Gasteiger partial charge is 0.241 e. The predicted octanol–water partition coefficient (Wildman–Crippen LogP) is 4.42. The molecule has 1 saturated heterocycles. The number of halogens is 2. The van der Waals surface area contributed by atoms with Gasteiger partial charge in [-0.15, -0.1) is 11.3 Å². The topological polar surface area (TPSA) is 45.4 Å². The number of nitrogens with zero attached hydrogens (tertiary/aromatic N) is 4. The third-order valence-corrected chi connectivity index (χ3v) is 5.90. The van der Waals surface area contributed by atoms with Gasteiger partial charge in [0.15, 0.2) is 0 Å². The maximum absolute atomic E-state index is 6.28. The average molecular weight is 409 g/mol. The molecule has 136 valence electrons. The van der Waals surface area contributed by atoms with Gasteiger partial charge in [0.2, 0.25) is 11.7 Å². The summed E-state index contributed by atoms with van der Waals surface area (Å²) in [4.78, 5) is 10.3. The fraction of sp³-hybridized carbons (Fsp3) is 0.333. The molecule has 0 aliphatic carbocycles. The standard InChI is InChI=1S/C18H18Cl2N4OS/c19-14-4-3-13(15(20)10-14)11-23-5-7-24(8-6-23)12-17-21-18(22-25-17)16-2-1-9-26-16/h1-4,9-10H,5-8,11-12H2. The molecule has 0 atom stereocenters. The highest BCUT2D eigenvalue weighted by Crippen LogP contribution is 2.24. The van der Waals surface area contributed by atoms with Gasteiger partial charge in [0, 0.05) is 42.8 Å². The van der Waals surface area contributed by atoms with Gasteiger partial charge in [-0.05, 0) is 29.1 Å². The lowest BCUT2D eigenvalue weighted by Crippen LogP contribution is -2.45. The van der Waals surface area contributed by atoms with E-state index in [2.05, 4.69) is 19.9 Å². The first-order valence-corrected chi connectivity index (χ1v) is 10.1. The number of hydrogen-bond donors (Lipinski definition) is 0. The fourth-order valence-corrected chi connectivity index (χ4v) is 4.13. The summed E-state index contributed by atoms with van der Waals surface area (Å²) in [5.74, 6) is 1.34. The fourth-order valence-electron chi connectivity index (χ4n) is 3.01. The van der Waals surface area contributed by atoms with Gasteiger partial charge in [0.05, 0.1) is 11.4 Å². The molecule has 0 saturated carbocycles. The SMILES string of the molecule is Clc1ccc(CN2CCN(Cc3nc(-c4cccs4)no3)CC2)c(Cl)c1. The Kier molecular flexibility index (Phi) is 5.57. The van der Waals surface area contributed by atoms with Crippen LogP contribution in [-0.2, 0) is 13.1 Å². The van der Waals surface area contributed by atoms with Crippen molar-refractivity contribution >= 4 is 34.5 Å². The van der Waals surface area contributed by atoms with Gasteiger partial charge in [0.1, 0.15) is 0 Å². The number of aromatic nitrogens is 2. The van der Waals surface area contributed by atoms with Crippen molar-refractivity contribution in [2.45, 2.75) is 13.1 Å². The van der Waals surface area contributed by atoms with E-state index >= 15 is 0 Å². The van der Waals surface area contributed by atoms with Crippen LogP contribution in [0.2, 0.25) is 10.0 Å². The molecule has 0 spiro atoms. The zero-order valence-electron chi connectivity index (χ0n) is 14.1. The first-order chi connectivity index (χ1) is 12.7. The summed E-state index contributed by atoms with van der Waals surface area (Å²) in [6, 6.07) is 9.68. The molecule has 0 bridgehead atoms. The molecule has 1 fully saturated rings. The average Bonchev–Trinajstić information content (AvgIpc) is 3.30. The molecule has 26 heavy (non-hydrogen) atoms. The van der Waals surface area contributed by atoms with Gasteiger partial charge in [-0.1, -0.05) is 40.5 Å². The van der Waals surface area contributed by atoms with E-state index in [4.69, 9.17) is 27.7 Å². The molecular formula is C18H18Cl2N4OS. The number of benzene rings is 1. The summed E-state index contributed by atoms with van der Waals surface area (Å²) in [7, 11) is 0. The Bertz CT molecular complexity index is 860. The Labute approximate surface area is 166 Å². The quantitative estimate of drug-likeness (QED) is 0.624. The van der Waals surface area contributed by atoms with Crippen LogP contribution in [0, 0.1) is 0 Å². The Morgan fingerprint density at radius 1 is 1.04 bits per heavy atom. The Balaban J connectivity index is 1.30. The van der Waals surface area contributed by atoms with Crippen molar-refractivity contribution in [3.05, 3.63) is 57.2 Å². The summed E-state index contributed by atoms with van der Waals surface area (Å²) in [6.45, 7) is 5.40. The van der Waals surface area contributed by atoms with Gasteiger partial charge >= 0.3 is 0 Å². The summed E-state index contributed by atoms with van der Waals surface area (Å²) in [5.41, 5.74) is 1.11. The monoisotopic (exact) mass is 408 g/mol. The van der Waals surface area contributed by atoms with E-state index in [1.165, 1.54) is 0 Å². The summed E-state index contributed by atoms with van der Waals surface area (Å²) >= 11 is 13.9. The van der Waals surface area contributed by atoms with Crippen molar-refractivity contribution in [3.63, 3.8) is 0 Å². The van der Waals surface area contributed by atoms with Crippen LogP contribution in [0.1, 0.15) is 11.5 Å². The van der Waals surface area contributed by atoms with E-state index in [0.717, 1.165) is 48.2 Å². The minimum atomic E-state index is 0.669. The molecule has 3 aromatic rings. The molecule has 0 amide bonds. The highest BCUT2D eigenvalue weighted by molar-refractivity contribution is 7.13. The number of hydrogen-bond acceptors (Lipinski definition) is 6. The molecule has 5 nitrogen and oxygen atoms in total. The Morgan fingerprint density at radius 2 is 1.81 bits per heavy atom. The molecule has 4 rings (SSSR count). The maximum atomic E-state index is 6.28. The van der Waals surface area contributed by atoms with Crippen molar-refractivity contribution in [2.24, 2.45) is 0 Å². The molecule has 0 unspecified atom stereocenters. The van der Waals surface area contributed by atoms with Crippen molar-refractivity contribution < 1.29 is 4.52 Å². The van der Waals surface area contributed by atoms with E-state index in [0.29, 0.717) is 23.3 Å². The lowest BCUT2D eigenvalue weighted by atomic mass is 10.2. The molecule has 1 aliphatic heterocycles. The maximum Gasteiger partial charge on any atom is 0.241 e. The Morgan fingerprint density at radius 3 is 2.50 bits per heavy atom. The normalized spacial score (nSPS) is 16.2.